The van der Waals surface area contributed by atoms with E-state index < -0.39 is 11.4 Å². The predicted molar refractivity (Wildman–Crippen MR) is 89.8 cm³/mol. The van der Waals surface area contributed by atoms with Gasteiger partial charge in [-0.1, -0.05) is 17.7 Å². The lowest BCUT2D eigenvalue weighted by molar-refractivity contribution is -0.142. The van der Waals surface area contributed by atoms with Gasteiger partial charge in [0.15, 0.2) is 0 Å². The smallest absolute Gasteiger partial charge is 0.313 e. The molecule has 3 rings (SSSR count). The molecule has 3 N–H and O–H groups in total. The summed E-state index contributed by atoms with van der Waals surface area (Å²) in [4.78, 5) is 23.8. The van der Waals surface area contributed by atoms with E-state index in [1.54, 1.807) is 50.2 Å². The number of carbonyl (C=O) groups excluding carboxylic acids is 1. The maximum atomic E-state index is 12.4. The fourth-order valence-electron chi connectivity index (χ4n) is 2.42. The lowest BCUT2D eigenvalue weighted by Crippen LogP contribution is -2.28. The standard InChI is InChI=1S/C17H15ClN2O3/c1-17(2,16(22)23)9-3-6-12-14(7-9)20-15(21)11-5-4-10(18)8-13(11)19-12/h3-8,19H,1-2H3,(H,20,21)(H,22,23). The lowest BCUT2D eigenvalue weighted by atomic mass is 9.84. The van der Waals surface area contributed by atoms with Gasteiger partial charge >= 0.3 is 5.97 Å². The van der Waals surface area contributed by atoms with Crippen LogP contribution in [0.1, 0.15) is 29.8 Å². The van der Waals surface area contributed by atoms with E-state index in [0.29, 0.717) is 33.2 Å². The lowest BCUT2D eigenvalue weighted by Gasteiger charge is -2.21. The van der Waals surface area contributed by atoms with Crippen LogP contribution in [0.25, 0.3) is 0 Å². The molecule has 2 aromatic rings. The molecule has 0 bridgehead atoms. The van der Waals surface area contributed by atoms with Crippen molar-refractivity contribution in [3.05, 3.63) is 52.5 Å². The minimum absolute atomic E-state index is 0.270. The molecular formula is C17H15ClN2O3. The highest BCUT2D eigenvalue weighted by Crippen LogP contribution is 2.36. The molecular weight excluding hydrogens is 316 g/mol. The van der Waals surface area contributed by atoms with Gasteiger partial charge in [0.05, 0.1) is 28.0 Å². The molecule has 5 nitrogen and oxygen atoms in total. The number of hydrogen-bond acceptors (Lipinski definition) is 3. The zero-order chi connectivity index (χ0) is 16.8. The van der Waals surface area contributed by atoms with Gasteiger partial charge in [-0.3, -0.25) is 9.59 Å². The van der Waals surface area contributed by atoms with Crippen LogP contribution in [0.5, 0.6) is 0 Å². The van der Waals surface area contributed by atoms with Gasteiger partial charge in [-0.15, -0.1) is 0 Å². The Morgan fingerprint density at radius 2 is 1.78 bits per heavy atom. The number of aliphatic carboxylic acids is 1. The van der Waals surface area contributed by atoms with Gasteiger partial charge in [0.2, 0.25) is 0 Å². The van der Waals surface area contributed by atoms with Gasteiger partial charge in [-0.05, 0) is 49.7 Å². The number of benzene rings is 2. The number of halogens is 1. The second-order valence-electron chi connectivity index (χ2n) is 5.96. The van der Waals surface area contributed by atoms with Crippen LogP contribution in [0.15, 0.2) is 36.4 Å². The van der Waals surface area contributed by atoms with E-state index in [1.165, 1.54) is 0 Å². The van der Waals surface area contributed by atoms with Gasteiger partial charge < -0.3 is 15.7 Å². The third-order valence-corrected chi connectivity index (χ3v) is 4.25. The molecule has 0 saturated heterocycles. The average Bonchev–Trinajstić information content (AvgIpc) is 2.61. The van der Waals surface area contributed by atoms with Gasteiger partial charge in [0, 0.05) is 5.02 Å². The summed E-state index contributed by atoms with van der Waals surface area (Å²) in [5.74, 6) is -1.20. The van der Waals surface area contributed by atoms with Crippen molar-refractivity contribution in [3.8, 4) is 0 Å². The quantitative estimate of drug-likeness (QED) is 0.777. The Morgan fingerprint density at radius 3 is 2.48 bits per heavy atom. The van der Waals surface area contributed by atoms with Crippen molar-refractivity contribution in [2.75, 3.05) is 10.6 Å². The van der Waals surface area contributed by atoms with Crippen molar-refractivity contribution in [2.45, 2.75) is 19.3 Å². The summed E-state index contributed by atoms with van der Waals surface area (Å²) in [7, 11) is 0. The number of carboxylic acids is 1. The number of amides is 1. The maximum absolute atomic E-state index is 12.4. The van der Waals surface area contributed by atoms with Crippen molar-refractivity contribution in [3.63, 3.8) is 0 Å². The number of rotatable bonds is 2. The molecule has 1 heterocycles. The normalized spacial score (nSPS) is 13.3. The van der Waals surface area contributed by atoms with E-state index in [0.717, 1.165) is 0 Å². The van der Waals surface area contributed by atoms with E-state index >= 15 is 0 Å². The number of hydrogen-bond donors (Lipinski definition) is 3. The summed E-state index contributed by atoms with van der Waals surface area (Å²) in [6.07, 6.45) is 0. The van der Waals surface area contributed by atoms with Gasteiger partial charge in [-0.2, -0.15) is 0 Å². The van der Waals surface area contributed by atoms with E-state index in [4.69, 9.17) is 11.6 Å². The number of anilines is 3. The number of carbonyl (C=O) groups is 2. The third-order valence-electron chi connectivity index (χ3n) is 4.02. The van der Waals surface area contributed by atoms with Crippen LogP contribution in [0, 0.1) is 0 Å². The average molecular weight is 331 g/mol. The first kappa shape index (κ1) is 15.4. The number of fused-ring (bicyclic) bond motifs is 2. The molecule has 0 aromatic heterocycles. The summed E-state index contributed by atoms with van der Waals surface area (Å²) in [5.41, 5.74) is 1.86. The van der Waals surface area contributed by atoms with Crippen LogP contribution in [-0.2, 0) is 10.2 Å². The van der Waals surface area contributed by atoms with Gasteiger partial charge in [0.25, 0.3) is 5.91 Å². The Hall–Kier alpha value is -2.53. The Bertz CT molecular complexity index is 831. The minimum Gasteiger partial charge on any atom is -0.481 e. The monoisotopic (exact) mass is 330 g/mol. The Morgan fingerprint density at radius 1 is 1.04 bits per heavy atom. The predicted octanol–water partition coefficient (Wildman–Crippen LogP) is 4.01. The molecule has 23 heavy (non-hydrogen) atoms. The van der Waals surface area contributed by atoms with Gasteiger partial charge in [0.1, 0.15) is 0 Å². The van der Waals surface area contributed by atoms with Crippen molar-refractivity contribution in [2.24, 2.45) is 0 Å². The fourth-order valence-corrected chi connectivity index (χ4v) is 2.59. The topological polar surface area (TPSA) is 78.4 Å². The fraction of sp³-hybridized carbons (Fsp3) is 0.176. The molecule has 0 aliphatic carbocycles. The SMILES string of the molecule is CC(C)(C(=O)O)c1ccc2c(c1)NC(=O)c1ccc(Cl)cc1N2. The maximum Gasteiger partial charge on any atom is 0.313 e. The molecule has 0 fully saturated rings. The van der Waals surface area contributed by atoms with Crippen LogP contribution in [-0.4, -0.2) is 17.0 Å². The summed E-state index contributed by atoms with van der Waals surface area (Å²) in [6, 6.07) is 10.2. The molecule has 0 spiro atoms. The van der Waals surface area contributed by atoms with Gasteiger partial charge in [-0.25, -0.2) is 0 Å². The Labute approximate surface area is 138 Å². The highest BCUT2D eigenvalue weighted by Gasteiger charge is 2.30. The second kappa shape index (κ2) is 5.28. The van der Waals surface area contributed by atoms with Crippen LogP contribution >= 0.6 is 11.6 Å². The van der Waals surface area contributed by atoms with Crippen molar-refractivity contribution < 1.29 is 14.7 Å². The first-order valence-electron chi connectivity index (χ1n) is 7.05. The van der Waals surface area contributed by atoms with E-state index in [2.05, 4.69) is 10.6 Å². The summed E-state index contributed by atoms with van der Waals surface area (Å²) < 4.78 is 0. The largest absolute Gasteiger partial charge is 0.481 e. The Balaban J connectivity index is 2.08. The van der Waals surface area contributed by atoms with Crippen LogP contribution in [0.4, 0.5) is 17.1 Å². The van der Waals surface area contributed by atoms with E-state index in [9.17, 15) is 14.7 Å². The first-order chi connectivity index (χ1) is 10.8. The molecule has 1 amide bonds. The molecule has 6 heteroatoms. The summed E-state index contributed by atoms with van der Waals surface area (Å²) in [5, 5.41) is 15.9. The third kappa shape index (κ3) is 2.64. The Kier molecular flexibility index (Phi) is 3.53. The molecule has 0 atom stereocenters. The van der Waals surface area contributed by atoms with E-state index in [1.807, 2.05) is 0 Å². The minimum atomic E-state index is -1.05. The molecule has 2 aromatic carbocycles. The molecule has 118 valence electrons. The highest BCUT2D eigenvalue weighted by molar-refractivity contribution is 6.31. The molecule has 0 unspecified atom stereocenters. The van der Waals surface area contributed by atoms with E-state index in [-0.39, 0.29) is 5.91 Å². The number of carboxylic acid groups (broad SMARTS) is 1. The second-order valence-corrected chi connectivity index (χ2v) is 6.40. The summed E-state index contributed by atoms with van der Waals surface area (Å²) in [6.45, 7) is 3.25. The molecule has 0 saturated carbocycles. The van der Waals surface area contributed by atoms with Crippen molar-refractivity contribution in [1.29, 1.82) is 0 Å². The number of nitrogens with one attached hydrogen (secondary N) is 2. The first-order valence-corrected chi connectivity index (χ1v) is 7.42. The van der Waals surface area contributed by atoms with Crippen molar-refractivity contribution in [1.82, 2.24) is 0 Å². The molecule has 0 radical (unpaired) electrons. The highest BCUT2D eigenvalue weighted by atomic mass is 35.5. The molecule has 1 aliphatic rings. The van der Waals surface area contributed by atoms with Crippen LogP contribution in [0.2, 0.25) is 5.02 Å². The zero-order valence-electron chi connectivity index (χ0n) is 12.6. The van der Waals surface area contributed by atoms with Crippen molar-refractivity contribution >= 4 is 40.5 Å². The summed E-state index contributed by atoms with van der Waals surface area (Å²) >= 11 is 5.99. The van der Waals surface area contributed by atoms with Crippen LogP contribution < -0.4 is 10.6 Å². The van der Waals surface area contributed by atoms with Crippen LogP contribution in [0.3, 0.4) is 0 Å². The molecule has 1 aliphatic heterocycles. The zero-order valence-corrected chi connectivity index (χ0v) is 13.4.